The van der Waals surface area contributed by atoms with Crippen LogP contribution in [0.25, 0.3) is 0 Å². The SMILES string of the molecule is C[C@@H](O)[C@H]1C(=O)N2C(C(=O)OCc3ccc([N+](=O)[O-])cc3)=CC[C@H]12. The molecule has 2 heterocycles. The molecule has 8 heteroatoms. The average Bonchev–Trinajstić information content (AvgIpc) is 2.91. The summed E-state index contributed by atoms with van der Waals surface area (Å²) in [5, 5.41) is 20.2. The van der Waals surface area contributed by atoms with E-state index in [0.717, 1.165) is 0 Å². The minimum absolute atomic E-state index is 0.0400. The minimum Gasteiger partial charge on any atom is -0.456 e. The molecule has 2 aliphatic rings. The molecule has 1 aromatic carbocycles. The number of β-lactam (4-membered cyclic amide) rings is 1. The van der Waals surface area contributed by atoms with Crippen molar-refractivity contribution in [2.24, 2.45) is 5.92 Å². The Morgan fingerprint density at radius 3 is 2.71 bits per heavy atom. The first-order valence-electron chi connectivity index (χ1n) is 7.52. The third-order valence-corrected chi connectivity index (χ3v) is 4.33. The molecule has 0 aromatic heterocycles. The monoisotopic (exact) mass is 332 g/mol. The molecule has 1 N–H and O–H groups in total. The second-order valence-electron chi connectivity index (χ2n) is 5.87. The van der Waals surface area contributed by atoms with E-state index in [9.17, 15) is 24.8 Å². The van der Waals surface area contributed by atoms with Gasteiger partial charge in [0.05, 0.1) is 23.0 Å². The molecule has 8 nitrogen and oxygen atoms in total. The number of aliphatic hydroxyl groups is 1. The van der Waals surface area contributed by atoms with Gasteiger partial charge < -0.3 is 14.7 Å². The van der Waals surface area contributed by atoms with Crippen LogP contribution in [0.5, 0.6) is 0 Å². The van der Waals surface area contributed by atoms with E-state index in [2.05, 4.69) is 0 Å². The van der Waals surface area contributed by atoms with Crippen LogP contribution in [0.2, 0.25) is 0 Å². The number of nitro groups is 1. The zero-order valence-electron chi connectivity index (χ0n) is 12.9. The Morgan fingerprint density at radius 2 is 2.12 bits per heavy atom. The maximum Gasteiger partial charge on any atom is 0.355 e. The molecule has 1 fully saturated rings. The van der Waals surface area contributed by atoms with Gasteiger partial charge in [0.2, 0.25) is 5.91 Å². The second-order valence-corrected chi connectivity index (χ2v) is 5.87. The summed E-state index contributed by atoms with van der Waals surface area (Å²) >= 11 is 0. The maximum absolute atomic E-state index is 12.2. The number of esters is 1. The van der Waals surface area contributed by atoms with Gasteiger partial charge in [-0.15, -0.1) is 0 Å². The van der Waals surface area contributed by atoms with Gasteiger partial charge in [0, 0.05) is 12.1 Å². The number of hydrogen-bond acceptors (Lipinski definition) is 6. The number of carbonyl (C=O) groups is 2. The third kappa shape index (κ3) is 2.65. The number of hydrogen-bond donors (Lipinski definition) is 1. The van der Waals surface area contributed by atoms with Crippen molar-refractivity contribution >= 4 is 17.6 Å². The van der Waals surface area contributed by atoms with Crippen LogP contribution in [-0.2, 0) is 20.9 Å². The lowest BCUT2D eigenvalue weighted by molar-refractivity contribution is -0.384. The summed E-state index contributed by atoms with van der Waals surface area (Å²) in [6.07, 6.45) is 1.41. The van der Waals surface area contributed by atoms with Crippen molar-refractivity contribution in [3.63, 3.8) is 0 Å². The average molecular weight is 332 g/mol. The van der Waals surface area contributed by atoms with E-state index in [1.807, 2.05) is 0 Å². The molecule has 3 atom stereocenters. The minimum atomic E-state index is -0.748. The fourth-order valence-electron chi connectivity index (χ4n) is 3.09. The molecule has 1 saturated heterocycles. The van der Waals surface area contributed by atoms with Gasteiger partial charge in [-0.1, -0.05) is 6.08 Å². The molecule has 24 heavy (non-hydrogen) atoms. The van der Waals surface area contributed by atoms with Crippen LogP contribution in [-0.4, -0.2) is 39.0 Å². The van der Waals surface area contributed by atoms with Crippen LogP contribution >= 0.6 is 0 Å². The molecule has 3 rings (SSSR count). The number of non-ortho nitro benzene ring substituents is 1. The zero-order chi connectivity index (χ0) is 17.4. The van der Waals surface area contributed by atoms with E-state index in [0.29, 0.717) is 12.0 Å². The van der Waals surface area contributed by atoms with Crippen molar-refractivity contribution in [1.82, 2.24) is 4.90 Å². The van der Waals surface area contributed by atoms with Crippen molar-refractivity contribution in [2.45, 2.75) is 32.1 Å². The molecule has 126 valence electrons. The fraction of sp³-hybridized carbons (Fsp3) is 0.375. The topological polar surface area (TPSA) is 110 Å². The number of carbonyl (C=O) groups excluding carboxylic acids is 2. The highest BCUT2D eigenvalue weighted by molar-refractivity contribution is 5.99. The highest BCUT2D eigenvalue weighted by atomic mass is 16.6. The fourth-order valence-corrected chi connectivity index (χ4v) is 3.09. The number of rotatable bonds is 5. The van der Waals surface area contributed by atoms with Gasteiger partial charge in [0.15, 0.2) is 0 Å². The number of fused-ring (bicyclic) bond motifs is 1. The number of nitro benzene ring substituents is 1. The maximum atomic E-state index is 12.2. The molecule has 0 spiro atoms. The number of aliphatic hydroxyl groups excluding tert-OH is 1. The smallest absolute Gasteiger partial charge is 0.355 e. The molecule has 1 aromatic rings. The van der Waals surface area contributed by atoms with Gasteiger partial charge in [-0.3, -0.25) is 14.9 Å². The van der Waals surface area contributed by atoms with Gasteiger partial charge >= 0.3 is 5.97 Å². The molecule has 0 aliphatic carbocycles. The molecule has 0 saturated carbocycles. The summed E-state index contributed by atoms with van der Waals surface area (Å²) < 4.78 is 5.18. The van der Waals surface area contributed by atoms with E-state index in [4.69, 9.17) is 4.74 Å². The van der Waals surface area contributed by atoms with Crippen molar-refractivity contribution in [2.75, 3.05) is 0 Å². The van der Waals surface area contributed by atoms with Crippen LogP contribution in [0, 0.1) is 16.0 Å². The van der Waals surface area contributed by atoms with E-state index < -0.39 is 22.9 Å². The number of nitrogens with zero attached hydrogens (tertiary/aromatic N) is 2. The molecule has 0 radical (unpaired) electrons. The van der Waals surface area contributed by atoms with Gasteiger partial charge in [-0.2, -0.15) is 0 Å². The first-order chi connectivity index (χ1) is 11.4. The second kappa shape index (κ2) is 6.04. The molecule has 2 aliphatic heterocycles. The molecule has 0 bridgehead atoms. The third-order valence-electron chi connectivity index (χ3n) is 4.33. The summed E-state index contributed by atoms with van der Waals surface area (Å²) in [4.78, 5) is 35.6. The quantitative estimate of drug-likeness (QED) is 0.375. The standard InChI is InChI=1S/C16H16N2O6/c1-9(19)14-12-6-7-13(17(12)15(14)20)16(21)24-8-10-2-4-11(5-3-10)18(22)23/h2-5,7,9,12,14,19H,6,8H2,1H3/t9-,12-,14-/m1/s1. The van der Waals surface area contributed by atoms with Gasteiger partial charge in [-0.05, 0) is 31.0 Å². The summed E-state index contributed by atoms with van der Waals surface area (Å²) in [6.45, 7) is 1.52. The Morgan fingerprint density at radius 1 is 1.46 bits per heavy atom. The highest BCUT2D eigenvalue weighted by Crippen LogP contribution is 2.40. The summed E-state index contributed by atoms with van der Waals surface area (Å²) in [6, 6.07) is 5.50. The van der Waals surface area contributed by atoms with Crippen LogP contribution < -0.4 is 0 Å². The number of ether oxygens (including phenoxy) is 1. The summed E-state index contributed by atoms with van der Waals surface area (Å²) in [5.41, 5.74) is 0.770. The van der Waals surface area contributed by atoms with Gasteiger partial charge in [0.25, 0.3) is 5.69 Å². The van der Waals surface area contributed by atoms with E-state index in [1.54, 1.807) is 13.0 Å². The zero-order valence-corrected chi connectivity index (χ0v) is 12.9. The molecule has 0 unspecified atom stereocenters. The highest BCUT2D eigenvalue weighted by Gasteiger charge is 2.54. The van der Waals surface area contributed by atoms with Crippen LogP contribution in [0.3, 0.4) is 0 Å². The predicted molar refractivity (Wildman–Crippen MR) is 81.4 cm³/mol. The Bertz CT molecular complexity index is 725. The molecule has 1 amide bonds. The Kier molecular flexibility index (Phi) is 4.06. The summed E-state index contributed by atoms with van der Waals surface area (Å²) in [5.74, 6) is -1.36. The lowest BCUT2D eigenvalue weighted by Gasteiger charge is -2.44. The number of benzene rings is 1. The van der Waals surface area contributed by atoms with Crippen LogP contribution in [0.4, 0.5) is 5.69 Å². The first kappa shape index (κ1) is 16.1. The van der Waals surface area contributed by atoms with Crippen LogP contribution in [0.1, 0.15) is 18.9 Å². The van der Waals surface area contributed by atoms with Gasteiger partial charge in [0.1, 0.15) is 12.3 Å². The van der Waals surface area contributed by atoms with Gasteiger partial charge in [-0.25, -0.2) is 4.79 Å². The van der Waals surface area contributed by atoms with Crippen molar-refractivity contribution in [1.29, 1.82) is 0 Å². The van der Waals surface area contributed by atoms with Crippen LogP contribution in [0.15, 0.2) is 36.0 Å². The normalized spacial score (nSPS) is 23.2. The number of amides is 1. The Balaban J connectivity index is 1.59. The lowest BCUT2D eigenvalue weighted by atomic mass is 9.83. The first-order valence-corrected chi connectivity index (χ1v) is 7.52. The van der Waals surface area contributed by atoms with E-state index >= 15 is 0 Å². The van der Waals surface area contributed by atoms with E-state index in [1.165, 1.54) is 29.2 Å². The Labute approximate surface area is 137 Å². The molecular weight excluding hydrogens is 316 g/mol. The largest absolute Gasteiger partial charge is 0.456 e. The van der Waals surface area contributed by atoms with Crippen molar-refractivity contribution in [3.05, 3.63) is 51.7 Å². The van der Waals surface area contributed by atoms with Crippen molar-refractivity contribution < 1.29 is 24.4 Å². The molecular formula is C16H16N2O6. The Hall–Kier alpha value is -2.74. The van der Waals surface area contributed by atoms with E-state index in [-0.39, 0.29) is 29.9 Å². The predicted octanol–water partition coefficient (Wildman–Crippen LogP) is 1.13. The van der Waals surface area contributed by atoms with Crippen molar-refractivity contribution in [3.8, 4) is 0 Å². The lowest BCUT2D eigenvalue weighted by Crippen LogP contribution is -2.61. The summed E-state index contributed by atoms with van der Waals surface area (Å²) in [7, 11) is 0.